The SMILES string of the molecule is CCCCN(CCCC)C(=O)CN1C[C@H](c2ccc3c(c2)OCO3)[C@H](OC(=O)O)[C@H]1c1ccoc1. The van der Waals surface area contributed by atoms with Crippen LogP contribution in [-0.2, 0) is 9.53 Å². The molecule has 1 amide bonds. The molecule has 0 bridgehead atoms. The highest BCUT2D eigenvalue weighted by molar-refractivity contribution is 5.78. The zero-order valence-corrected chi connectivity index (χ0v) is 20.4. The Kier molecular flexibility index (Phi) is 8.17. The standard InChI is InChI=1S/C26H34N2O7/c1-3-5-10-27(11-6-4-2)23(29)15-28-14-20(18-7-8-21-22(13-18)34-17-33-21)25(35-26(30)31)24(28)19-9-12-32-16-19/h7-9,12-13,16,20,24-25H,3-6,10-11,14-15,17H2,1-2H3,(H,30,31)/t20-,24-,25+/m1/s1. The molecule has 1 N–H and O–H groups in total. The third kappa shape index (κ3) is 5.73. The molecule has 0 aliphatic carbocycles. The second kappa shape index (κ2) is 11.5. The Bertz CT molecular complexity index is 986. The second-order valence-electron chi connectivity index (χ2n) is 9.09. The van der Waals surface area contributed by atoms with Crippen molar-refractivity contribution in [1.82, 2.24) is 9.80 Å². The van der Waals surface area contributed by atoms with Gasteiger partial charge in [-0.15, -0.1) is 0 Å². The molecule has 2 aliphatic heterocycles. The summed E-state index contributed by atoms with van der Waals surface area (Å²) < 4.78 is 21.8. The number of rotatable bonds is 11. The van der Waals surface area contributed by atoms with Crippen LogP contribution in [-0.4, -0.2) is 66.0 Å². The zero-order chi connectivity index (χ0) is 24.8. The molecule has 1 aromatic carbocycles. The number of ether oxygens (including phenoxy) is 3. The van der Waals surface area contributed by atoms with Crippen molar-refractivity contribution in [3.63, 3.8) is 0 Å². The topological polar surface area (TPSA) is 102 Å². The first kappa shape index (κ1) is 24.9. The summed E-state index contributed by atoms with van der Waals surface area (Å²) in [6, 6.07) is 6.95. The molecule has 3 heterocycles. The minimum Gasteiger partial charge on any atom is -0.472 e. The molecule has 0 spiro atoms. The van der Waals surface area contributed by atoms with Gasteiger partial charge in [0.15, 0.2) is 11.5 Å². The molecule has 4 rings (SSSR count). The van der Waals surface area contributed by atoms with E-state index in [1.54, 1.807) is 18.6 Å². The molecule has 2 aliphatic rings. The van der Waals surface area contributed by atoms with Gasteiger partial charge in [-0.3, -0.25) is 9.69 Å². The minimum atomic E-state index is -1.35. The monoisotopic (exact) mass is 486 g/mol. The van der Waals surface area contributed by atoms with Crippen LogP contribution in [0.1, 0.15) is 62.6 Å². The summed E-state index contributed by atoms with van der Waals surface area (Å²) in [4.78, 5) is 29.1. The lowest BCUT2D eigenvalue weighted by molar-refractivity contribution is -0.133. The zero-order valence-electron chi connectivity index (χ0n) is 20.4. The highest BCUT2D eigenvalue weighted by atomic mass is 16.7. The number of furan rings is 1. The van der Waals surface area contributed by atoms with E-state index in [1.807, 2.05) is 28.0 Å². The summed E-state index contributed by atoms with van der Waals surface area (Å²) in [7, 11) is 0. The van der Waals surface area contributed by atoms with Crippen molar-refractivity contribution in [2.45, 2.75) is 57.6 Å². The van der Waals surface area contributed by atoms with Crippen LogP contribution < -0.4 is 9.47 Å². The van der Waals surface area contributed by atoms with Crippen molar-refractivity contribution in [2.75, 3.05) is 33.0 Å². The Hall–Kier alpha value is -3.20. The molecule has 1 saturated heterocycles. The van der Waals surface area contributed by atoms with Gasteiger partial charge < -0.3 is 28.6 Å². The van der Waals surface area contributed by atoms with E-state index in [1.165, 1.54) is 0 Å². The highest BCUT2D eigenvalue weighted by Gasteiger charge is 2.47. The molecule has 190 valence electrons. The molecule has 0 saturated carbocycles. The van der Waals surface area contributed by atoms with Crippen molar-refractivity contribution < 1.29 is 33.3 Å². The van der Waals surface area contributed by atoms with Gasteiger partial charge in [0.2, 0.25) is 12.7 Å². The Morgan fingerprint density at radius 1 is 1.09 bits per heavy atom. The fourth-order valence-corrected chi connectivity index (χ4v) is 4.94. The van der Waals surface area contributed by atoms with Crippen LogP contribution in [0.4, 0.5) is 4.79 Å². The van der Waals surface area contributed by atoms with E-state index in [0.29, 0.717) is 18.0 Å². The van der Waals surface area contributed by atoms with Crippen molar-refractivity contribution in [3.05, 3.63) is 47.9 Å². The maximum absolute atomic E-state index is 13.4. The van der Waals surface area contributed by atoms with Gasteiger partial charge in [0, 0.05) is 31.1 Å². The van der Waals surface area contributed by atoms with Gasteiger partial charge in [-0.25, -0.2) is 4.79 Å². The van der Waals surface area contributed by atoms with Crippen molar-refractivity contribution in [1.29, 1.82) is 0 Å². The van der Waals surface area contributed by atoms with E-state index in [0.717, 1.165) is 49.9 Å². The van der Waals surface area contributed by atoms with E-state index in [-0.39, 0.29) is 25.2 Å². The quantitative estimate of drug-likeness (QED) is 0.459. The molecule has 2 aromatic rings. The number of nitrogens with zero attached hydrogens (tertiary/aromatic N) is 2. The number of unbranched alkanes of at least 4 members (excludes halogenated alkanes) is 2. The Morgan fingerprint density at radius 3 is 2.49 bits per heavy atom. The lowest BCUT2D eigenvalue weighted by Gasteiger charge is -2.29. The van der Waals surface area contributed by atoms with Gasteiger partial charge in [-0.1, -0.05) is 32.8 Å². The average molecular weight is 487 g/mol. The van der Waals surface area contributed by atoms with E-state index in [4.69, 9.17) is 18.6 Å². The van der Waals surface area contributed by atoms with Gasteiger partial charge >= 0.3 is 6.16 Å². The molecule has 0 radical (unpaired) electrons. The number of carboxylic acid groups (broad SMARTS) is 1. The average Bonchev–Trinajstić information content (AvgIpc) is 3.58. The smallest absolute Gasteiger partial charge is 0.472 e. The molecule has 1 aromatic heterocycles. The lowest BCUT2D eigenvalue weighted by Crippen LogP contribution is -2.42. The maximum Gasteiger partial charge on any atom is 0.506 e. The first-order valence-electron chi connectivity index (χ1n) is 12.3. The fourth-order valence-electron chi connectivity index (χ4n) is 4.94. The second-order valence-corrected chi connectivity index (χ2v) is 9.09. The van der Waals surface area contributed by atoms with Crippen LogP contribution in [0.25, 0.3) is 0 Å². The van der Waals surface area contributed by atoms with Gasteiger partial charge in [-0.2, -0.15) is 0 Å². The van der Waals surface area contributed by atoms with Crippen molar-refractivity contribution in [3.8, 4) is 11.5 Å². The summed E-state index contributed by atoms with van der Waals surface area (Å²) >= 11 is 0. The highest BCUT2D eigenvalue weighted by Crippen LogP contribution is 2.45. The first-order valence-corrected chi connectivity index (χ1v) is 12.3. The molecule has 3 atom stereocenters. The van der Waals surface area contributed by atoms with Crippen LogP contribution in [0.3, 0.4) is 0 Å². The van der Waals surface area contributed by atoms with E-state index < -0.39 is 18.3 Å². The molecular weight excluding hydrogens is 452 g/mol. The number of carbonyl (C=O) groups is 2. The van der Waals surface area contributed by atoms with Gasteiger partial charge in [0.05, 0.1) is 25.1 Å². The molecule has 1 fully saturated rings. The largest absolute Gasteiger partial charge is 0.506 e. The number of fused-ring (bicyclic) bond motifs is 1. The maximum atomic E-state index is 13.4. The molecule has 0 unspecified atom stereocenters. The lowest BCUT2D eigenvalue weighted by atomic mass is 9.91. The first-order chi connectivity index (χ1) is 17.0. The van der Waals surface area contributed by atoms with E-state index in [9.17, 15) is 14.7 Å². The molecule has 9 nitrogen and oxygen atoms in total. The predicted molar refractivity (Wildman–Crippen MR) is 128 cm³/mol. The number of hydrogen-bond acceptors (Lipinski definition) is 7. The Balaban J connectivity index is 1.63. The third-order valence-corrected chi connectivity index (χ3v) is 6.73. The Labute approximate surface area is 205 Å². The number of likely N-dealkylation sites (tertiary alicyclic amines) is 1. The van der Waals surface area contributed by atoms with Gasteiger partial charge in [0.1, 0.15) is 6.10 Å². The van der Waals surface area contributed by atoms with Crippen LogP contribution >= 0.6 is 0 Å². The summed E-state index contributed by atoms with van der Waals surface area (Å²) in [5.74, 6) is 1.02. The number of hydrogen-bond donors (Lipinski definition) is 1. The number of amides is 1. The summed E-state index contributed by atoms with van der Waals surface area (Å²) in [6.07, 6.45) is 4.99. The van der Waals surface area contributed by atoms with Crippen molar-refractivity contribution >= 4 is 12.1 Å². The van der Waals surface area contributed by atoms with Crippen LogP contribution in [0.5, 0.6) is 11.5 Å². The summed E-state index contributed by atoms with van der Waals surface area (Å²) in [5.41, 5.74) is 1.65. The predicted octanol–water partition coefficient (Wildman–Crippen LogP) is 4.64. The molecular formula is C26H34N2O7. The van der Waals surface area contributed by atoms with Gasteiger partial charge in [-0.05, 0) is 36.6 Å². The van der Waals surface area contributed by atoms with E-state index >= 15 is 0 Å². The minimum absolute atomic E-state index is 0.0424. The van der Waals surface area contributed by atoms with E-state index in [2.05, 4.69) is 13.8 Å². The third-order valence-electron chi connectivity index (χ3n) is 6.73. The summed E-state index contributed by atoms with van der Waals surface area (Å²) in [6.45, 7) is 6.45. The molecule has 9 heteroatoms. The van der Waals surface area contributed by atoms with Crippen molar-refractivity contribution in [2.24, 2.45) is 0 Å². The molecule has 35 heavy (non-hydrogen) atoms. The van der Waals surface area contributed by atoms with Crippen LogP contribution in [0, 0.1) is 0 Å². The number of benzene rings is 1. The summed E-state index contributed by atoms with van der Waals surface area (Å²) in [5, 5.41) is 9.58. The van der Waals surface area contributed by atoms with Gasteiger partial charge in [0.25, 0.3) is 0 Å². The van der Waals surface area contributed by atoms with Crippen LogP contribution in [0.2, 0.25) is 0 Å². The Morgan fingerprint density at radius 2 is 1.83 bits per heavy atom. The van der Waals surface area contributed by atoms with Crippen LogP contribution in [0.15, 0.2) is 41.2 Å². The fraction of sp³-hybridized carbons (Fsp3) is 0.538. The number of carbonyl (C=O) groups excluding carboxylic acids is 1. The normalized spacial score (nSPS) is 21.3.